The average molecular weight is 630 g/mol. The van der Waals surface area contributed by atoms with Crippen molar-refractivity contribution in [3.05, 3.63) is 82.9 Å². The van der Waals surface area contributed by atoms with Crippen molar-refractivity contribution in [3.8, 4) is 11.5 Å². The number of rotatable bonds is 12. The summed E-state index contributed by atoms with van der Waals surface area (Å²) in [6, 6.07) is 17.2. The van der Waals surface area contributed by atoms with Crippen LogP contribution in [0.4, 0.5) is 5.69 Å². The first-order chi connectivity index (χ1) is 20.2. The smallest absolute Gasteiger partial charge is 0.264 e. The maximum absolute atomic E-state index is 14.2. The summed E-state index contributed by atoms with van der Waals surface area (Å²) >= 11 is 6.39. The standard InChI is InChI=1S/C32H40ClN3O6S/c1-8-28(31(38)34-32(3,4)5)35(20-23-11-14-25(41-6)15-12-23)30(37)21-36(24-13-18-29(42-7)27(33)19-24)43(39,40)26-16-9-22(2)10-17-26/h9-19,28H,8,20-21H2,1-7H3,(H,34,38)/t28-/m0/s1. The third-order valence-corrected chi connectivity index (χ3v) is 8.79. The lowest BCUT2D eigenvalue weighted by atomic mass is 10.1. The Labute approximate surface area is 259 Å². The molecule has 0 bridgehead atoms. The number of hydrogen-bond acceptors (Lipinski definition) is 6. The number of anilines is 1. The molecule has 0 saturated carbocycles. The summed E-state index contributed by atoms with van der Waals surface area (Å²) in [5, 5.41) is 3.14. The second-order valence-corrected chi connectivity index (χ2v) is 13.4. The van der Waals surface area contributed by atoms with Crippen LogP contribution in [0.15, 0.2) is 71.6 Å². The fraction of sp³-hybridized carbons (Fsp3) is 0.375. The predicted octanol–water partition coefficient (Wildman–Crippen LogP) is 5.58. The molecule has 43 heavy (non-hydrogen) atoms. The van der Waals surface area contributed by atoms with Crippen LogP contribution in [-0.4, -0.2) is 57.5 Å². The highest BCUT2D eigenvalue weighted by molar-refractivity contribution is 7.92. The number of ether oxygens (including phenoxy) is 2. The van der Waals surface area contributed by atoms with E-state index in [2.05, 4.69) is 5.32 Å². The molecule has 11 heteroatoms. The number of nitrogens with zero attached hydrogens (tertiary/aromatic N) is 2. The number of carbonyl (C=O) groups is 2. The second kappa shape index (κ2) is 14.1. The summed E-state index contributed by atoms with van der Waals surface area (Å²) < 4.78 is 39.6. The Balaban J connectivity index is 2.10. The number of hydrogen-bond donors (Lipinski definition) is 1. The van der Waals surface area contributed by atoms with Gasteiger partial charge in [0.15, 0.2) is 0 Å². The largest absolute Gasteiger partial charge is 0.497 e. The molecule has 0 aromatic heterocycles. The molecule has 0 radical (unpaired) electrons. The van der Waals surface area contributed by atoms with Crippen LogP contribution in [0.2, 0.25) is 5.02 Å². The summed E-state index contributed by atoms with van der Waals surface area (Å²) in [5.74, 6) is 0.105. The highest BCUT2D eigenvalue weighted by Gasteiger charge is 2.34. The van der Waals surface area contributed by atoms with Crippen LogP contribution in [0.1, 0.15) is 45.2 Å². The molecule has 1 atom stereocenters. The number of amides is 2. The third-order valence-electron chi connectivity index (χ3n) is 6.71. The molecule has 0 saturated heterocycles. The van der Waals surface area contributed by atoms with Crippen molar-refractivity contribution in [2.24, 2.45) is 0 Å². The SMILES string of the molecule is CC[C@@H](C(=O)NC(C)(C)C)N(Cc1ccc(OC)cc1)C(=O)CN(c1ccc(OC)c(Cl)c1)S(=O)(=O)c1ccc(C)cc1. The van der Waals surface area contributed by atoms with E-state index in [4.69, 9.17) is 21.1 Å². The van der Waals surface area contributed by atoms with E-state index < -0.39 is 34.1 Å². The van der Waals surface area contributed by atoms with Crippen LogP contribution in [0, 0.1) is 6.92 Å². The van der Waals surface area contributed by atoms with Gasteiger partial charge in [0.2, 0.25) is 11.8 Å². The zero-order valence-corrected chi connectivity index (χ0v) is 27.3. The highest BCUT2D eigenvalue weighted by atomic mass is 35.5. The van der Waals surface area contributed by atoms with Crippen LogP contribution in [0.25, 0.3) is 0 Å². The normalized spacial score (nSPS) is 12.3. The minimum Gasteiger partial charge on any atom is -0.497 e. The molecule has 0 heterocycles. The van der Waals surface area contributed by atoms with E-state index in [1.54, 1.807) is 49.6 Å². The Morgan fingerprint density at radius 1 is 0.953 bits per heavy atom. The molecule has 3 rings (SSSR count). The number of aryl methyl sites for hydroxylation is 1. The van der Waals surface area contributed by atoms with Crippen LogP contribution >= 0.6 is 11.6 Å². The van der Waals surface area contributed by atoms with E-state index in [-0.39, 0.29) is 28.1 Å². The van der Waals surface area contributed by atoms with Gasteiger partial charge < -0.3 is 19.7 Å². The van der Waals surface area contributed by atoms with Gasteiger partial charge in [0.05, 0.1) is 29.8 Å². The fourth-order valence-corrected chi connectivity index (χ4v) is 6.13. The number of halogens is 1. The molecule has 232 valence electrons. The first kappa shape index (κ1) is 33.7. The third kappa shape index (κ3) is 8.64. The van der Waals surface area contributed by atoms with Gasteiger partial charge in [-0.2, -0.15) is 0 Å². The van der Waals surface area contributed by atoms with Crippen molar-refractivity contribution in [2.45, 2.75) is 64.1 Å². The molecule has 0 fully saturated rings. The highest BCUT2D eigenvalue weighted by Crippen LogP contribution is 2.32. The Bertz CT molecular complexity index is 1520. The van der Waals surface area contributed by atoms with Crippen LogP contribution in [-0.2, 0) is 26.2 Å². The molecular weight excluding hydrogens is 590 g/mol. The van der Waals surface area contributed by atoms with Gasteiger partial charge in [-0.25, -0.2) is 8.42 Å². The van der Waals surface area contributed by atoms with E-state index in [0.29, 0.717) is 17.9 Å². The summed E-state index contributed by atoms with van der Waals surface area (Å²) in [6.07, 6.45) is 0.308. The molecule has 9 nitrogen and oxygen atoms in total. The van der Waals surface area contributed by atoms with Crippen molar-refractivity contribution in [1.29, 1.82) is 0 Å². The van der Waals surface area contributed by atoms with Crippen LogP contribution in [0.5, 0.6) is 11.5 Å². The number of nitrogens with one attached hydrogen (secondary N) is 1. The minimum atomic E-state index is -4.23. The molecule has 0 aliphatic carbocycles. The Morgan fingerprint density at radius 3 is 2.09 bits per heavy atom. The maximum atomic E-state index is 14.2. The van der Waals surface area contributed by atoms with Crippen molar-refractivity contribution in [2.75, 3.05) is 25.1 Å². The lowest BCUT2D eigenvalue weighted by Gasteiger charge is -2.35. The van der Waals surface area contributed by atoms with Gasteiger partial charge in [0.1, 0.15) is 24.1 Å². The zero-order valence-electron chi connectivity index (χ0n) is 25.7. The van der Waals surface area contributed by atoms with Crippen molar-refractivity contribution < 1.29 is 27.5 Å². The van der Waals surface area contributed by atoms with Gasteiger partial charge in [-0.3, -0.25) is 13.9 Å². The van der Waals surface area contributed by atoms with Gasteiger partial charge in [-0.05, 0) is 82.1 Å². The Morgan fingerprint density at radius 2 is 1.58 bits per heavy atom. The van der Waals surface area contributed by atoms with Gasteiger partial charge in [0.25, 0.3) is 10.0 Å². The molecule has 1 N–H and O–H groups in total. The number of methoxy groups -OCH3 is 2. The van der Waals surface area contributed by atoms with E-state index in [1.807, 2.05) is 34.6 Å². The lowest BCUT2D eigenvalue weighted by Crippen LogP contribution is -2.55. The molecule has 0 aliphatic rings. The fourth-order valence-electron chi connectivity index (χ4n) is 4.48. The molecule has 0 unspecified atom stereocenters. The topological polar surface area (TPSA) is 105 Å². The monoisotopic (exact) mass is 629 g/mol. The molecular formula is C32H40ClN3O6S. The minimum absolute atomic E-state index is 0.0112. The van der Waals surface area contributed by atoms with E-state index in [9.17, 15) is 18.0 Å². The van der Waals surface area contributed by atoms with E-state index >= 15 is 0 Å². The maximum Gasteiger partial charge on any atom is 0.264 e. The average Bonchev–Trinajstić information content (AvgIpc) is 2.95. The summed E-state index contributed by atoms with van der Waals surface area (Å²) in [5.41, 5.74) is 1.27. The van der Waals surface area contributed by atoms with Crippen LogP contribution in [0.3, 0.4) is 0 Å². The first-order valence-electron chi connectivity index (χ1n) is 13.9. The van der Waals surface area contributed by atoms with Crippen molar-refractivity contribution in [3.63, 3.8) is 0 Å². The Hall–Kier alpha value is -3.76. The molecule has 3 aromatic rings. The number of sulfonamides is 1. The molecule has 3 aromatic carbocycles. The van der Waals surface area contributed by atoms with Gasteiger partial charge in [0, 0.05) is 12.1 Å². The quantitative estimate of drug-likeness (QED) is 0.280. The summed E-state index contributed by atoms with van der Waals surface area (Å²) in [7, 11) is -1.22. The number of benzene rings is 3. The summed E-state index contributed by atoms with van der Waals surface area (Å²) in [4.78, 5) is 29.1. The Kier molecular flexibility index (Phi) is 11.1. The lowest BCUT2D eigenvalue weighted by molar-refractivity contribution is -0.141. The van der Waals surface area contributed by atoms with Crippen LogP contribution < -0.4 is 19.1 Å². The van der Waals surface area contributed by atoms with Gasteiger partial charge in [-0.1, -0.05) is 48.4 Å². The van der Waals surface area contributed by atoms with E-state index in [1.165, 1.54) is 36.3 Å². The van der Waals surface area contributed by atoms with E-state index in [0.717, 1.165) is 15.4 Å². The van der Waals surface area contributed by atoms with Crippen molar-refractivity contribution in [1.82, 2.24) is 10.2 Å². The molecule has 0 spiro atoms. The second-order valence-electron chi connectivity index (χ2n) is 11.2. The molecule has 2 amide bonds. The van der Waals surface area contributed by atoms with Gasteiger partial charge >= 0.3 is 0 Å². The molecule has 0 aliphatic heterocycles. The summed E-state index contributed by atoms with van der Waals surface area (Å²) in [6.45, 7) is 8.73. The van der Waals surface area contributed by atoms with Gasteiger partial charge in [-0.15, -0.1) is 0 Å². The number of carbonyl (C=O) groups excluding carboxylic acids is 2. The van der Waals surface area contributed by atoms with Crippen molar-refractivity contribution >= 4 is 39.1 Å². The zero-order chi connectivity index (χ0) is 31.9. The first-order valence-corrected chi connectivity index (χ1v) is 15.7. The predicted molar refractivity (Wildman–Crippen MR) is 169 cm³/mol.